The number of hydrogen-bond donors (Lipinski definition) is 1. The Bertz CT molecular complexity index is 858. The van der Waals surface area contributed by atoms with Crippen LogP contribution in [0.25, 0.3) is 0 Å². The maximum atomic E-state index is 13.8. The van der Waals surface area contributed by atoms with Crippen molar-refractivity contribution in [1.82, 2.24) is 4.90 Å². The van der Waals surface area contributed by atoms with E-state index in [0.29, 0.717) is 12.1 Å². The maximum Gasteiger partial charge on any atom is 0.308 e. The molecule has 2 aromatic rings. The fourth-order valence-corrected chi connectivity index (χ4v) is 4.86. The van der Waals surface area contributed by atoms with Gasteiger partial charge in [0.05, 0.1) is 12.5 Å². The lowest BCUT2D eigenvalue weighted by Crippen LogP contribution is -2.38. The first kappa shape index (κ1) is 17.4. The van der Waals surface area contributed by atoms with E-state index in [0.717, 1.165) is 36.2 Å². The van der Waals surface area contributed by atoms with Crippen LogP contribution in [0.2, 0.25) is 0 Å². The summed E-state index contributed by atoms with van der Waals surface area (Å²) in [6.07, 6.45) is 2.67. The Balaban J connectivity index is 1.61. The van der Waals surface area contributed by atoms with Crippen molar-refractivity contribution in [2.45, 2.75) is 38.3 Å². The summed E-state index contributed by atoms with van der Waals surface area (Å²) in [5.74, 6) is -0.884. The predicted molar refractivity (Wildman–Crippen MR) is 96.6 cm³/mol. The fraction of sp³-hybridized carbons (Fsp3) is 0.400. The van der Waals surface area contributed by atoms with Crippen LogP contribution in [0.1, 0.15) is 39.8 Å². The van der Waals surface area contributed by atoms with Gasteiger partial charge in [-0.15, -0.1) is 11.3 Å². The van der Waals surface area contributed by atoms with Crippen molar-refractivity contribution in [2.75, 3.05) is 6.54 Å². The minimum absolute atomic E-state index is 0.0337. The third-order valence-electron chi connectivity index (χ3n) is 5.05. The molecule has 6 heteroatoms. The molecule has 1 aromatic heterocycles. The standard InChI is InChI=1S/C20H20FNO3S/c21-15-3-1-2-13(8-15)19(20(25)12-4-5-12)22-7-6-17-14(11-22)9-16(26-17)10-18(23)24/h1-3,8-9,12,19H,4-7,10-11H2,(H,23,24)/t19-/m1/s1. The third kappa shape index (κ3) is 3.57. The van der Waals surface area contributed by atoms with E-state index >= 15 is 0 Å². The molecule has 0 spiro atoms. The molecule has 4 nitrogen and oxygen atoms in total. The van der Waals surface area contributed by atoms with E-state index in [-0.39, 0.29) is 23.9 Å². The van der Waals surface area contributed by atoms with Crippen LogP contribution in [0.15, 0.2) is 30.3 Å². The minimum Gasteiger partial charge on any atom is -0.481 e. The number of fused-ring (bicyclic) bond motifs is 1. The Morgan fingerprint density at radius 3 is 2.81 bits per heavy atom. The monoisotopic (exact) mass is 373 g/mol. The van der Waals surface area contributed by atoms with Gasteiger partial charge < -0.3 is 5.11 Å². The van der Waals surface area contributed by atoms with Crippen molar-refractivity contribution in [3.63, 3.8) is 0 Å². The molecule has 1 N–H and O–H groups in total. The topological polar surface area (TPSA) is 57.6 Å². The molecular formula is C20H20FNO3S. The highest BCUT2D eigenvalue weighted by Crippen LogP contribution is 2.39. The molecule has 1 saturated carbocycles. The third-order valence-corrected chi connectivity index (χ3v) is 6.29. The van der Waals surface area contributed by atoms with E-state index < -0.39 is 12.0 Å². The van der Waals surface area contributed by atoms with Crippen LogP contribution in [0.3, 0.4) is 0 Å². The number of carboxylic acids is 1. The number of benzene rings is 1. The average molecular weight is 373 g/mol. The van der Waals surface area contributed by atoms with E-state index in [2.05, 4.69) is 4.90 Å². The van der Waals surface area contributed by atoms with Gasteiger partial charge in [0, 0.05) is 28.8 Å². The Hall–Kier alpha value is -2.05. The van der Waals surface area contributed by atoms with E-state index in [1.165, 1.54) is 17.0 Å². The quantitative estimate of drug-likeness (QED) is 0.841. The number of carboxylic acid groups (broad SMARTS) is 1. The van der Waals surface area contributed by atoms with Gasteiger partial charge in [0.15, 0.2) is 5.78 Å². The molecule has 2 aliphatic rings. The van der Waals surface area contributed by atoms with Gasteiger partial charge in [-0.25, -0.2) is 4.39 Å². The number of Topliss-reactive ketones (excluding diaryl/α,β-unsaturated/α-hetero) is 1. The van der Waals surface area contributed by atoms with Gasteiger partial charge in [-0.05, 0) is 48.6 Å². The zero-order chi connectivity index (χ0) is 18.3. The highest BCUT2D eigenvalue weighted by Gasteiger charge is 2.39. The molecule has 0 saturated heterocycles. The van der Waals surface area contributed by atoms with Gasteiger partial charge in [0.25, 0.3) is 0 Å². The molecular weight excluding hydrogens is 353 g/mol. The molecule has 26 heavy (non-hydrogen) atoms. The zero-order valence-corrected chi connectivity index (χ0v) is 15.1. The number of halogens is 1. The molecule has 0 unspecified atom stereocenters. The lowest BCUT2D eigenvalue weighted by Gasteiger charge is -2.34. The van der Waals surface area contributed by atoms with Crippen LogP contribution in [-0.2, 0) is 29.0 Å². The summed E-state index contributed by atoms with van der Waals surface area (Å²) in [4.78, 5) is 28.1. The van der Waals surface area contributed by atoms with Crippen LogP contribution in [-0.4, -0.2) is 28.3 Å². The summed E-state index contributed by atoms with van der Waals surface area (Å²) in [5.41, 5.74) is 1.81. The highest BCUT2D eigenvalue weighted by molar-refractivity contribution is 7.12. The average Bonchev–Trinajstić information content (AvgIpc) is 3.35. The second kappa shape index (κ2) is 6.93. The summed E-state index contributed by atoms with van der Waals surface area (Å²) in [7, 11) is 0. The molecule has 1 aliphatic heterocycles. The number of hydrogen-bond acceptors (Lipinski definition) is 4. The van der Waals surface area contributed by atoms with Gasteiger partial charge >= 0.3 is 5.97 Å². The molecule has 2 heterocycles. The predicted octanol–water partition coefficient (Wildman–Crippen LogP) is 3.59. The summed E-state index contributed by atoms with van der Waals surface area (Å²) in [5, 5.41) is 9.00. The number of carbonyl (C=O) groups is 2. The number of ketones is 1. The van der Waals surface area contributed by atoms with Crippen molar-refractivity contribution in [3.05, 3.63) is 57.0 Å². The van der Waals surface area contributed by atoms with E-state index in [4.69, 9.17) is 5.11 Å². The Labute approximate surface area is 155 Å². The summed E-state index contributed by atoms with van der Waals surface area (Å²) < 4.78 is 13.8. The number of aliphatic carboxylic acids is 1. The van der Waals surface area contributed by atoms with Crippen LogP contribution < -0.4 is 0 Å². The fourth-order valence-electron chi connectivity index (χ4n) is 3.70. The van der Waals surface area contributed by atoms with Gasteiger partial charge in [-0.3, -0.25) is 14.5 Å². The first-order valence-electron chi connectivity index (χ1n) is 8.87. The molecule has 4 rings (SSSR count). The van der Waals surface area contributed by atoms with Crippen LogP contribution >= 0.6 is 11.3 Å². The Morgan fingerprint density at radius 2 is 2.12 bits per heavy atom. The van der Waals surface area contributed by atoms with E-state index in [1.54, 1.807) is 17.4 Å². The smallest absolute Gasteiger partial charge is 0.308 e. The normalized spacial score (nSPS) is 18.3. The van der Waals surface area contributed by atoms with Crippen molar-refractivity contribution >= 4 is 23.1 Å². The second-order valence-electron chi connectivity index (χ2n) is 7.09. The van der Waals surface area contributed by atoms with Crippen LogP contribution in [0, 0.1) is 11.7 Å². The molecule has 1 fully saturated rings. The maximum absolute atomic E-state index is 13.8. The SMILES string of the molecule is O=C(O)Cc1cc2c(s1)CCN([C@@H](C(=O)C1CC1)c1cccc(F)c1)C2. The first-order chi connectivity index (χ1) is 12.5. The van der Waals surface area contributed by atoms with Gasteiger partial charge in [0.1, 0.15) is 5.82 Å². The molecule has 0 amide bonds. The van der Waals surface area contributed by atoms with Crippen molar-refractivity contribution in [3.8, 4) is 0 Å². The van der Waals surface area contributed by atoms with Crippen molar-refractivity contribution < 1.29 is 19.1 Å². The molecule has 0 bridgehead atoms. The second-order valence-corrected chi connectivity index (χ2v) is 8.31. The molecule has 0 radical (unpaired) electrons. The highest BCUT2D eigenvalue weighted by atomic mass is 32.1. The van der Waals surface area contributed by atoms with Crippen molar-refractivity contribution in [2.24, 2.45) is 5.92 Å². The number of carbonyl (C=O) groups excluding carboxylic acids is 1. The lowest BCUT2D eigenvalue weighted by atomic mass is 9.95. The summed E-state index contributed by atoms with van der Waals surface area (Å²) in [6.45, 7) is 1.32. The summed E-state index contributed by atoms with van der Waals surface area (Å²) >= 11 is 1.55. The number of thiophene rings is 1. The lowest BCUT2D eigenvalue weighted by molar-refractivity contribution is -0.136. The zero-order valence-electron chi connectivity index (χ0n) is 14.3. The molecule has 1 aromatic carbocycles. The van der Waals surface area contributed by atoms with E-state index in [1.807, 2.05) is 12.1 Å². The summed E-state index contributed by atoms with van der Waals surface area (Å²) in [6, 6.07) is 7.87. The molecule has 136 valence electrons. The molecule has 1 atom stereocenters. The number of nitrogens with zero attached hydrogens (tertiary/aromatic N) is 1. The number of rotatable bonds is 6. The Kier molecular flexibility index (Phi) is 4.63. The van der Waals surface area contributed by atoms with Gasteiger partial charge in [0.2, 0.25) is 0 Å². The van der Waals surface area contributed by atoms with Crippen LogP contribution in [0.4, 0.5) is 4.39 Å². The van der Waals surface area contributed by atoms with E-state index in [9.17, 15) is 14.0 Å². The Morgan fingerprint density at radius 1 is 1.31 bits per heavy atom. The van der Waals surface area contributed by atoms with Crippen molar-refractivity contribution in [1.29, 1.82) is 0 Å². The largest absolute Gasteiger partial charge is 0.481 e. The molecule has 1 aliphatic carbocycles. The van der Waals surface area contributed by atoms with Crippen LogP contribution in [0.5, 0.6) is 0 Å². The first-order valence-corrected chi connectivity index (χ1v) is 9.68. The van der Waals surface area contributed by atoms with Gasteiger partial charge in [-0.1, -0.05) is 12.1 Å². The van der Waals surface area contributed by atoms with Gasteiger partial charge in [-0.2, -0.15) is 0 Å². The minimum atomic E-state index is -0.831.